The Morgan fingerprint density at radius 1 is 1.23 bits per heavy atom. The lowest BCUT2D eigenvalue weighted by Crippen LogP contribution is -2.30. The normalized spacial score (nSPS) is 11.9. The van der Waals surface area contributed by atoms with E-state index in [1.165, 1.54) is 6.92 Å². The van der Waals surface area contributed by atoms with E-state index < -0.39 is 12.1 Å². The van der Waals surface area contributed by atoms with Crippen LogP contribution >= 0.6 is 0 Å². The van der Waals surface area contributed by atoms with Gasteiger partial charge in [-0.15, -0.1) is 0 Å². The second-order valence-corrected chi connectivity index (χ2v) is 4.74. The Kier molecular flexibility index (Phi) is 5.32. The number of carboxylic acid groups (broad SMARTS) is 1. The lowest BCUT2D eigenvalue weighted by atomic mass is 10.2. The summed E-state index contributed by atoms with van der Waals surface area (Å²) in [6.45, 7) is 1.86. The minimum atomic E-state index is -1.02. The largest absolute Gasteiger partial charge is 0.479 e. The fourth-order valence-electron chi connectivity index (χ4n) is 1.87. The predicted octanol–water partition coefficient (Wildman–Crippen LogP) is 1.70. The summed E-state index contributed by atoms with van der Waals surface area (Å²) in [5.74, 6) is -1.24. The zero-order valence-corrected chi connectivity index (χ0v) is 12.2. The first-order valence-electron chi connectivity index (χ1n) is 6.94. The first-order chi connectivity index (χ1) is 10.6. The molecule has 6 heteroatoms. The van der Waals surface area contributed by atoms with Crippen LogP contribution in [0.3, 0.4) is 0 Å². The maximum absolute atomic E-state index is 11.9. The number of aromatic nitrogens is 1. The minimum absolute atomic E-state index is 0.153. The maximum Gasteiger partial charge on any atom is 0.332 e. The molecule has 0 spiro atoms. The van der Waals surface area contributed by atoms with E-state index in [0.717, 1.165) is 5.69 Å². The summed E-state index contributed by atoms with van der Waals surface area (Å²) in [5, 5.41) is 11.3. The number of rotatable bonds is 7. The second-order valence-electron chi connectivity index (χ2n) is 4.74. The number of benzene rings is 1. The highest BCUT2D eigenvalue weighted by molar-refractivity contribution is 5.94. The Morgan fingerprint density at radius 2 is 1.86 bits per heavy atom. The Hall–Kier alpha value is -2.60. The van der Waals surface area contributed by atoms with E-state index in [1.54, 1.807) is 12.1 Å². The van der Waals surface area contributed by atoms with Crippen molar-refractivity contribution < 1.29 is 19.4 Å². The third-order valence-electron chi connectivity index (χ3n) is 3.14. The molecule has 0 radical (unpaired) electrons. The SMILES string of the molecule is CC(OCCNC(=O)c1ccc(-n2cccc2)cc1)C(=O)O. The predicted molar refractivity (Wildman–Crippen MR) is 81.2 cm³/mol. The fraction of sp³-hybridized carbons (Fsp3) is 0.250. The second kappa shape index (κ2) is 7.42. The third-order valence-corrected chi connectivity index (χ3v) is 3.14. The van der Waals surface area contributed by atoms with Crippen LogP contribution in [0.5, 0.6) is 0 Å². The van der Waals surface area contributed by atoms with E-state index in [-0.39, 0.29) is 19.1 Å². The summed E-state index contributed by atoms with van der Waals surface area (Å²) in [6.07, 6.45) is 2.98. The average molecular weight is 302 g/mol. The first kappa shape index (κ1) is 15.8. The summed E-state index contributed by atoms with van der Waals surface area (Å²) in [7, 11) is 0. The molecule has 1 atom stereocenters. The number of ether oxygens (including phenoxy) is 1. The first-order valence-corrected chi connectivity index (χ1v) is 6.94. The molecule has 1 aromatic heterocycles. The monoisotopic (exact) mass is 302 g/mol. The van der Waals surface area contributed by atoms with E-state index in [4.69, 9.17) is 9.84 Å². The molecule has 0 saturated carbocycles. The van der Waals surface area contributed by atoms with Crippen LogP contribution in [0.25, 0.3) is 5.69 Å². The molecule has 1 unspecified atom stereocenters. The van der Waals surface area contributed by atoms with Crippen molar-refractivity contribution in [1.82, 2.24) is 9.88 Å². The minimum Gasteiger partial charge on any atom is -0.479 e. The van der Waals surface area contributed by atoms with Crippen molar-refractivity contribution in [1.29, 1.82) is 0 Å². The zero-order valence-electron chi connectivity index (χ0n) is 12.2. The molecular formula is C16H18N2O4. The molecule has 22 heavy (non-hydrogen) atoms. The lowest BCUT2D eigenvalue weighted by molar-refractivity contribution is -0.148. The van der Waals surface area contributed by atoms with Crippen LogP contribution in [-0.4, -0.2) is 40.8 Å². The van der Waals surface area contributed by atoms with Gasteiger partial charge in [-0.25, -0.2) is 4.79 Å². The Morgan fingerprint density at radius 3 is 2.45 bits per heavy atom. The van der Waals surface area contributed by atoms with Crippen LogP contribution in [0.1, 0.15) is 17.3 Å². The number of amides is 1. The molecule has 0 aliphatic rings. The number of nitrogens with one attached hydrogen (secondary N) is 1. The highest BCUT2D eigenvalue weighted by Gasteiger charge is 2.11. The van der Waals surface area contributed by atoms with Gasteiger partial charge in [0, 0.05) is 30.2 Å². The number of hydrogen-bond donors (Lipinski definition) is 2. The van der Waals surface area contributed by atoms with Gasteiger partial charge in [0.1, 0.15) is 0 Å². The highest BCUT2D eigenvalue weighted by atomic mass is 16.5. The Bertz CT molecular complexity index is 620. The maximum atomic E-state index is 11.9. The van der Waals surface area contributed by atoms with E-state index in [9.17, 15) is 9.59 Å². The standard InChI is InChI=1S/C16H18N2O4/c1-12(16(20)21)22-11-8-17-15(19)13-4-6-14(7-5-13)18-9-2-3-10-18/h2-7,9-10,12H,8,11H2,1H3,(H,17,19)(H,20,21). The third kappa shape index (κ3) is 4.20. The smallest absolute Gasteiger partial charge is 0.332 e. The number of carbonyl (C=O) groups is 2. The molecule has 116 valence electrons. The fourth-order valence-corrected chi connectivity index (χ4v) is 1.87. The van der Waals surface area contributed by atoms with Crippen molar-refractivity contribution >= 4 is 11.9 Å². The quantitative estimate of drug-likeness (QED) is 0.763. The summed E-state index contributed by atoms with van der Waals surface area (Å²) < 4.78 is 6.99. The van der Waals surface area contributed by atoms with Gasteiger partial charge in [0.05, 0.1) is 6.61 Å². The number of hydrogen-bond acceptors (Lipinski definition) is 3. The van der Waals surface area contributed by atoms with Gasteiger partial charge in [0.15, 0.2) is 6.10 Å². The lowest BCUT2D eigenvalue weighted by Gasteiger charge is -2.09. The average Bonchev–Trinajstić information content (AvgIpc) is 3.05. The number of aliphatic carboxylic acids is 1. The van der Waals surface area contributed by atoms with Gasteiger partial charge >= 0.3 is 5.97 Å². The van der Waals surface area contributed by atoms with E-state index in [1.807, 2.05) is 41.2 Å². The molecule has 0 aliphatic heterocycles. The molecule has 0 bridgehead atoms. The molecule has 2 N–H and O–H groups in total. The van der Waals surface area contributed by atoms with Crippen molar-refractivity contribution in [3.05, 3.63) is 54.4 Å². The molecular weight excluding hydrogens is 284 g/mol. The van der Waals surface area contributed by atoms with Crippen LogP contribution in [0, 0.1) is 0 Å². The van der Waals surface area contributed by atoms with Crippen LogP contribution in [0.4, 0.5) is 0 Å². The number of carbonyl (C=O) groups excluding carboxylic acids is 1. The molecule has 0 aliphatic carbocycles. The van der Waals surface area contributed by atoms with Crippen LogP contribution in [-0.2, 0) is 9.53 Å². The molecule has 0 saturated heterocycles. The molecule has 1 heterocycles. The Labute approximate surface area is 128 Å². The van der Waals surface area contributed by atoms with Gasteiger partial charge in [-0.05, 0) is 43.3 Å². The van der Waals surface area contributed by atoms with E-state index >= 15 is 0 Å². The van der Waals surface area contributed by atoms with Crippen molar-refractivity contribution in [2.24, 2.45) is 0 Å². The van der Waals surface area contributed by atoms with E-state index in [2.05, 4.69) is 5.32 Å². The molecule has 2 rings (SSSR count). The van der Waals surface area contributed by atoms with Gasteiger partial charge in [-0.3, -0.25) is 4.79 Å². The molecule has 1 amide bonds. The summed E-state index contributed by atoms with van der Waals surface area (Å²) >= 11 is 0. The molecule has 0 fully saturated rings. The van der Waals surface area contributed by atoms with E-state index in [0.29, 0.717) is 5.56 Å². The van der Waals surface area contributed by atoms with Gasteiger partial charge in [0.25, 0.3) is 5.91 Å². The summed E-state index contributed by atoms with van der Waals surface area (Å²) in [6, 6.07) is 11.1. The summed E-state index contributed by atoms with van der Waals surface area (Å²) in [4.78, 5) is 22.5. The van der Waals surface area contributed by atoms with Crippen LogP contribution in [0.15, 0.2) is 48.8 Å². The Balaban J connectivity index is 1.82. The van der Waals surface area contributed by atoms with Gasteiger partial charge in [-0.1, -0.05) is 0 Å². The zero-order chi connectivity index (χ0) is 15.9. The van der Waals surface area contributed by atoms with Gasteiger partial charge < -0.3 is 19.7 Å². The van der Waals surface area contributed by atoms with Gasteiger partial charge in [0.2, 0.25) is 0 Å². The number of nitrogens with zero attached hydrogens (tertiary/aromatic N) is 1. The van der Waals surface area contributed by atoms with Crippen LogP contribution in [0.2, 0.25) is 0 Å². The van der Waals surface area contributed by atoms with Crippen molar-refractivity contribution in [2.45, 2.75) is 13.0 Å². The van der Waals surface area contributed by atoms with Crippen molar-refractivity contribution in [3.8, 4) is 5.69 Å². The number of carboxylic acids is 1. The topological polar surface area (TPSA) is 80.6 Å². The van der Waals surface area contributed by atoms with Crippen molar-refractivity contribution in [3.63, 3.8) is 0 Å². The molecule has 1 aromatic carbocycles. The van der Waals surface area contributed by atoms with Crippen molar-refractivity contribution in [2.75, 3.05) is 13.2 Å². The summed E-state index contributed by atoms with van der Waals surface area (Å²) in [5.41, 5.74) is 1.52. The van der Waals surface area contributed by atoms with Crippen LogP contribution < -0.4 is 5.32 Å². The molecule has 2 aromatic rings. The van der Waals surface area contributed by atoms with Gasteiger partial charge in [-0.2, -0.15) is 0 Å². The molecule has 6 nitrogen and oxygen atoms in total. The highest BCUT2D eigenvalue weighted by Crippen LogP contribution is 2.09.